The maximum absolute atomic E-state index is 12.5. The van der Waals surface area contributed by atoms with Crippen molar-refractivity contribution in [2.75, 3.05) is 33.4 Å². The third-order valence-corrected chi connectivity index (χ3v) is 4.47. The Labute approximate surface area is 152 Å². The minimum absolute atomic E-state index is 0.0176. The lowest BCUT2D eigenvalue weighted by atomic mass is 9.96. The van der Waals surface area contributed by atoms with Crippen LogP contribution in [0.3, 0.4) is 0 Å². The van der Waals surface area contributed by atoms with Crippen molar-refractivity contribution in [1.82, 2.24) is 24.8 Å². The van der Waals surface area contributed by atoms with Crippen LogP contribution in [0.5, 0.6) is 0 Å². The Morgan fingerprint density at radius 3 is 2.85 bits per heavy atom. The Balaban J connectivity index is 1.49. The first-order valence-electron chi connectivity index (χ1n) is 8.93. The van der Waals surface area contributed by atoms with Crippen molar-refractivity contribution in [2.24, 2.45) is 0 Å². The standard InChI is InChI=1S/C17H25N5O4/c1-3-22-9-6-14(19-22)17(23)21-7-4-13(5-8-21)16-18-15(26-20-16)12-25-11-10-24-2/h6,9,13H,3-5,7-8,10-12H2,1-2H3. The molecule has 26 heavy (non-hydrogen) atoms. The number of amides is 1. The van der Waals surface area contributed by atoms with E-state index in [2.05, 4.69) is 15.2 Å². The average Bonchev–Trinajstić information content (AvgIpc) is 3.34. The zero-order chi connectivity index (χ0) is 18.4. The summed E-state index contributed by atoms with van der Waals surface area (Å²) in [6, 6.07) is 1.77. The fourth-order valence-electron chi connectivity index (χ4n) is 2.95. The second-order valence-electron chi connectivity index (χ2n) is 6.21. The van der Waals surface area contributed by atoms with E-state index in [9.17, 15) is 4.79 Å². The van der Waals surface area contributed by atoms with E-state index in [1.165, 1.54) is 0 Å². The lowest BCUT2D eigenvalue weighted by molar-refractivity contribution is 0.0494. The van der Waals surface area contributed by atoms with Crippen LogP contribution in [0.4, 0.5) is 0 Å². The highest BCUT2D eigenvalue weighted by atomic mass is 16.5. The predicted octanol–water partition coefficient (Wildman–Crippen LogP) is 1.47. The molecule has 1 fully saturated rings. The van der Waals surface area contributed by atoms with Crippen LogP contribution in [0.2, 0.25) is 0 Å². The Kier molecular flexibility index (Phi) is 6.35. The number of likely N-dealkylation sites (tertiary alicyclic amines) is 1. The summed E-state index contributed by atoms with van der Waals surface area (Å²) in [5.74, 6) is 1.34. The lowest BCUT2D eigenvalue weighted by Crippen LogP contribution is -2.38. The summed E-state index contributed by atoms with van der Waals surface area (Å²) in [6.07, 6.45) is 3.45. The molecule has 0 N–H and O–H groups in total. The molecule has 0 atom stereocenters. The first kappa shape index (κ1) is 18.5. The van der Waals surface area contributed by atoms with E-state index in [1.54, 1.807) is 17.9 Å². The van der Waals surface area contributed by atoms with Crippen LogP contribution in [-0.4, -0.2) is 64.1 Å². The lowest BCUT2D eigenvalue weighted by Gasteiger charge is -2.30. The molecule has 3 heterocycles. The maximum atomic E-state index is 12.5. The number of carbonyl (C=O) groups excluding carboxylic acids is 1. The summed E-state index contributed by atoms with van der Waals surface area (Å²) in [7, 11) is 1.63. The van der Waals surface area contributed by atoms with Gasteiger partial charge in [-0.15, -0.1) is 0 Å². The number of ether oxygens (including phenoxy) is 2. The number of hydrogen-bond donors (Lipinski definition) is 0. The molecule has 2 aromatic heterocycles. The van der Waals surface area contributed by atoms with Crippen molar-refractivity contribution in [2.45, 2.75) is 38.8 Å². The van der Waals surface area contributed by atoms with Crippen molar-refractivity contribution >= 4 is 5.91 Å². The molecule has 0 unspecified atom stereocenters. The second-order valence-corrected chi connectivity index (χ2v) is 6.21. The molecule has 0 saturated carbocycles. The molecule has 0 aliphatic carbocycles. The van der Waals surface area contributed by atoms with Crippen LogP contribution in [-0.2, 0) is 22.6 Å². The Morgan fingerprint density at radius 2 is 2.15 bits per heavy atom. The molecular weight excluding hydrogens is 338 g/mol. The van der Waals surface area contributed by atoms with Crippen LogP contribution in [0.25, 0.3) is 0 Å². The smallest absolute Gasteiger partial charge is 0.274 e. The van der Waals surface area contributed by atoms with E-state index < -0.39 is 0 Å². The quantitative estimate of drug-likeness (QED) is 0.655. The number of aryl methyl sites for hydroxylation is 1. The van der Waals surface area contributed by atoms with Crippen LogP contribution < -0.4 is 0 Å². The molecular formula is C17H25N5O4. The molecule has 3 rings (SSSR count). The van der Waals surface area contributed by atoms with Gasteiger partial charge in [0.2, 0.25) is 0 Å². The van der Waals surface area contributed by atoms with Gasteiger partial charge in [0.05, 0.1) is 13.2 Å². The summed E-state index contributed by atoms with van der Waals surface area (Å²) in [5, 5.41) is 8.35. The van der Waals surface area contributed by atoms with Gasteiger partial charge >= 0.3 is 0 Å². The van der Waals surface area contributed by atoms with E-state index >= 15 is 0 Å². The van der Waals surface area contributed by atoms with Crippen molar-refractivity contribution < 1.29 is 18.8 Å². The summed E-state index contributed by atoms with van der Waals surface area (Å²) >= 11 is 0. The van der Waals surface area contributed by atoms with Crippen LogP contribution in [0, 0.1) is 0 Å². The highest BCUT2D eigenvalue weighted by Gasteiger charge is 2.28. The first-order valence-corrected chi connectivity index (χ1v) is 8.93. The van der Waals surface area contributed by atoms with Gasteiger partial charge in [0.25, 0.3) is 11.8 Å². The molecule has 9 nitrogen and oxygen atoms in total. The molecule has 1 amide bonds. The number of rotatable bonds is 8. The van der Waals surface area contributed by atoms with Gasteiger partial charge in [-0.1, -0.05) is 5.16 Å². The van der Waals surface area contributed by atoms with E-state index in [0.717, 1.165) is 19.4 Å². The summed E-state index contributed by atoms with van der Waals surface area (Å²) < 4.78 is 17.3. The largest absolute Gasteiger partial charge is 0.382 e. The molecule has 1 saturated heterocycles. The monoisotopic (exact) mass is 363 g/mol. The number of hydrogen-bond acceptors (Lipinski definition) is 7. The topological polar surface area (TPSA) is 95.5 Å². The Hall–Kier alpha value is -2.26. The van der Waals surface area contributed by atoms with Gasteiger partial charge in [-0.25, -0.2) is 0 Å². The number of methoxy groups -OCH3 is 1. The molecule has 0 aromatic carbocycles. The van der Waals surface area contributed by atoms with Crippen molar-refractivity contribution in [1.29, 1.82) is 0 Å². The zero-order valence-corrected chi connectivity index (χ0v) is 15.3. The van der Waals surface area contributed by atoms with Crippen molar-refractivity contribution in [3.8, 4) is 0 Å². The van der Waals surface area contributed by atoms with E-state index in [4.69, 9.17) is 14.0 Å². The van der Waals surface area contributed by atoms with Crippen LogP contribution in [0.15, 0.2) is 16.8 Å². The summed E-state index contributed by atoms with van der Waals surface area (Å²) in [4.78, 5) is 18.8. The van der Waals surface area contributed by atoms with Crippen molar-refractivity contribution in [3.63, 3.8) is 0 Å². The zero-order valence-electron chi connectivity index (χ0n) is 15.3. The summed E-state index contributed by atoms with van der Waals surface area (Å²) in [6.45, 7) is 5.38. The number of aromatic nitrogens is 4. The van der Waals surface area contributed by atoms with Gasteiger partial charge < -0.3 is 18.9 Å². The molecule has 1 aliphatic rings. The normalized spacial score (nSPS) is 15.5. The SMILES string of the molecule is CCn1ccc(C(=O)N2CCC(c3noc(COCCOC)n3)CC2)n1. The van der Waals surface area contributed by atoms with Gasteiger partial charge in [-0.3, -0.25) is 9.48 Å². The molecule has 0 spiro atoms. The van der Waals surface area contributed by atoms with Gasteiger partial charge in [-0.2, -0.15) is 10.1 Å². The Morgan fingerprint density at radius 1 is 1.35 bits per heavy atom. The van der Waals surface area contributed by atoms with E-state index in [1.807, 2.05) is 18.0 Å². The molecule has 142 valence electrons. The Bertz CT molecular complexity index is 706. The third-order valence-electron chi connectivity index (χ3n) is 4.47. The van der Waals surface area contributed by atoms with Crippen molar-refractivity contribution in [3.05, 3.63) is 29.7 Å². The molecule has 0 bridgehead atoms. The van der Waals surface area contributed by atoms with Gasteiger partial charge in [0, 0.05) is 38.9 Å². The van der Waals surface area contributed by atoms with Gasteiger partial charge in [0.15, 0.2) is 5.82 Å². The van der Waals surface area contributed by atoms with Gasteiger partial charge in [-0.05, 0) is 25.8 Å². The first-order chi connectivity index (χ1) is 12.7. The number of carbonyl (C=O) groups is 1. The van der Waals surface area contributed by atoms with E-state index in [-0.39, 0.29) is 18.4 Å². The minimum atomic E-state index is -0.0176. The highest BCUT2D eigenvalue weighted by molar-refractivity contribution is 5.92. The summed E-state index contributed by atoms with van der Waals surface area (Å²) in [5.41, 5.74) is 0.500. The maximum Gasteiger partial charge on any atom is 0.274 e. The second kappa shape index (κ2) is 8.91. The number of nitrogens with zero attached hydrogens (tertiary/aromatic N) is 5. The van der Waals surface area contributed by atoms with Crippen LogP contribution >= 0.6 is 0 Å². The average molecular weight is 363 g/mol. The van der Waals surface area contributed by atoms with Crippen LogP contribution in [0.1, 0.15) is 47.9 Å². The number of piperidine rings is 1. The molecule has 1 aliphatic heterocycles. The highest BCUT2D eigenvalue weighted by Crippen LogP contribution is 2.26. The fraction of sp³-hybridized carbons (Fsp3) is 0.647. The van der Waals surface area contributed by atoms with E-state index in [0.29, 0.717) is 43.7 Å². The molecule has 2 aromatic rings. The molecule has 0 radical (unpaired) electrons. The third kappa shape index (κ3) is 4.47. The fourth-order valence-corrected chi connectivity index (χ4v) is 2.95. The van der Waals surface area contributed by atoms with Gasteiger partial charge in [0.1, 0.15) is 12.3 Å². The molecule has 9 heteroatoms. The minimum Gasteiger partial charge on any atom is -0.382 e. The predicted molar refractivity (Wildman–Crippen MR) is 91.6 cm³/mol.